The highest BCUT2D eigenvalue weighted by Crippen LogP contribution is 2.24. The first-order valence-corrected chi connectivity index (χ1v) is 9.37. The van der Waals surface area contributed by atoms with Crippen LogP contribution in [-0.2, 0) is 14.3 Å². The third-order valence-corrected chi connectivity index (χ3v) is 4.70. The number of carbonyl (C=O) groups excluding carboxylic acids is 2. The number of carbonyl (C=O) groups is 2. The maximum atomic E-state index is 12.6. The summed E-state index contributed by atoms with van der Waals surface area (Å²) >= 11 is 5.77. The quantitative estimate of drug-likeness (QED) is 0.769. The van der Waals surface area contributed by atoms with Gasteiger partial charge in [-0.05, 0) is 43.2 Å². The molecule has 1 aliphatic heterocycles. The van der Waals surface area contributed by atoms with E-state index in [1.165, 1.54) is 7.11 Å². The lowest BCUT2D eigenvalue weighted by atomic mass is 9.96. The van der Waals surface area contributed by atoms with E-state index in [0.717, 1.165) is 31.7 Å². The van der Waals surface area contributed by atoms with Gasteiger partial charge in [0.2, 0.25) is 11.8 Å². The average molecular weight is 404 g/mol. The summed E-state index contributed by atoms with van der Waals surface area (Å²) in [6.07, 6.45) is 1.45. The second kappa shape index (κ2) is 9.48. The minimum absolute atomic E-state index is 0.0207. The molecule has 1 aliphatic rings. The molecule has 0 radical (unpaired) electrons. The number of ether oxygens (including phenoxy) is 1. The fraction of sp³-hybridized carbons (Fsp3) is 0.368. The van der Waals surface area contributed by atoms with Gasteiger partial charge in [0, 0.05) is 37.5 Å². The average Bonchev–Trinajstić information content (AvgIpc) is 2.69. The van der Waals surface area contributed by atoms with Crippen molar-refractivity contribution in [3.63, 3.8) is 0 Å². The van der Waals surface area contributed by atoms with Gasteiger partial charge < -0.3 is 20.3 Å². The Morgan fingerprint density at radius 3 is 2.50 bits per heavy atom. The smallest absolute Gasteiger partial charge is 0.250 e. The molecular formula is C19H22ClN5O3. The lowest BCUT2D eigenvalue weighted by Crippen LogP contribution is -2.38. The van der Waals surface area contributed by atoms with E-state index in [9.17, 15) is 9.59 Å². The van der Waals surface area contributed by atoms with Crippen molar-refractivity contribution in [2.24, 2.45) is 5.92 Å². The van der Waals surface area contributed by atoms with Crippen molar-refractivity contribution in [2.45, 2.75) is 12.8 Å². The predicted octanol–water partition coefficient (Wildman–Crippen LogP) is 2.57. The van der Waals surface area contributed by atoms with Crippen LogP contribution in [0.4, 0.5) is 17.2 Å². The van der Waals surface area contributed by atoms with Gasteiger partial charge in [-0.3, -0.25) is 9.59 Å². The van der Waals surface area contributed by atoms with Gasteiger partial charge in [0.15, 0.2) is 11.0 Å². The van der Waals surface area contributed by atoms with Crippen molar-refractivity contribution >= 4 is 40.6 Å². The van der Waals surface area contributed by atoms with Gasteiger partial charge in [0.05, 0.1) is 0 Å². The van der Waals surface area contributed by atoms with Crippen LogP contribution in [0, 0.1) is 5.92 Å². The highest BCUT2D eigenvalue weighted by atomic mass is 35.5. The van der Waals surface area contributed by atoms with Gasteiger partial charge in [-0.25, -0.2) is 0 Å². The maximum absolute atomic E-state index is 12.6. The normalized spacial score (nSPS) is 14.6. The first-order valence-electron chi connectivity index (χ1n) is 8.99. The van der Waals surface area contributed by atoms with Crippen LogP contribution in [0.3, 0.4) is 0 Å². The summed E-state index contributed by atoms with van der Waals surface area (Å²) in [6.45, 7) is 1.43. The summed E-state index contributed by atoms with van der Waals surface area (Å²) < 4.78 is 4.80. The van der Waals surface area contributed by atoms with Crippen molar-refractivity contribution in [3.8, 4) is 0 Å². The van der Waals surface area contributed by atoms with E-state index in [0.29, 0.717) is 16.5 Å². The molecule has 2 amide bonds. The van der Waals surface area contributed by atoms with Crippen LogP contribution >= 0.6 is 11.6 Å². The van der Waals surface area contributed by atoms with Crippen molar-refractivity contribution in [2.75, 3.05) is 42.3 Å². The zero-order chi connectivity index (χ0) is 19.9. The second-order valence-corrected chi connectivity index (χ2v) is 6.91. The number of halogens is 1. The molecule has 3 rings (SSSR count). The number of nitrogens with zero attached hydrogens (tertiary/aromatic N) is 3. The van der Waals surface area contributed by atoms with Gasteiger partial charge >= 0.3 is 0 Å². The zero-order valence-electron chi connectivity index (χ0n) is 15.5. The van der Waals surface area contributed by atoms with Gasteiger partial charge in [-0.2, -0.15) is 0 Å². The molecular weight excluding hydrogens is 382 g/mol. The summed E-state index contributed by atoms with van der Waals surface area (Å²) in [5, 5.41) is 14.0. The van der Waals surface area contributed by atoms with Crippen LogP contribution in [0.2, 0.25) is 5.15 Å². The Kier molecular flexibility index (Phi) is 6.78. The number of methoxy groups -OCH3 is 1. The Balaban J connectivity index is 1.53. The molecule has 1 saturated heterocycles. The maximum Gasteiger partial charge on any atom is 0.250 e. The predicted molar refractivity (Wildman–Crippen MR) is 108 cm³/mol. The Morgan fingerprint density at radius 1 is 1.14 bits per heavy atom. The van der Waals surface area contributed by atoms with Crippen LogP contribution < -0.4 is 15.5 Å². The molecule has 1 fully saturated rings. The molecule has 0 unspecified atom stereocenters. The standard InChI is InChI=1S/C19H22ClN5O3/c1-28-12-18(26)21-14-3-2-4-15(11-14)22-19(27)13-7-9-25(10-8-13)17-6-5-16(20)23-24-17/h2-6,11,13H,7-10,12H2,1H3,(H,21,26)(H,22,27). The van der Waals surface area contributed by atoms with Gasteiger partial charge in [-0.15, -0.1) is 10.2 Å². The molecule has 28 heavy (non-hydrogen) atoms. The number of hydrogen-bond acceptors (Lipinski definition) is 6. The Morgan fingerprint density at radius 2 is 1.86 bits per heavy atom. The molecule has 0 aliphatic carbocycles. The number of piperidine rings is 1. The fourth-order valence-electron chi connectivity index (χ4n) is 3.10. The van der Waals surface area contributed by atoms with Crippen molar-refractivity contribution < 1.29 is 14.3 Å². The number of benzene rings is 1. The summed E-state index contributed by atoms with van der Waals surface area (Å²) in [6, 6.07) is 10.6. The zero-order valence-corrected chi connectivity index (χ0v) is 16.3. The lowest BCUT2D eigenvalue weighted by molar-refractivity contribution is -0.120. The number of anilines is 3. The van der Waals surface area contributed by atoms with E-state index in [2.05, 4.69) is 25.7 Å². The van der Waals surface area contributed by atoms with E-state index < -0.39 is 0 Å². The molecule has 8 nitrogen and oxygen atoms in total. The third kappa shape index (κ3) is 5.40. The van der Waals surface area contributed by atoms with Crippen molar-refractivity contribution in [1.82, 2.24) is 10.2 Å². The monoisotopic (exact) mass is 403 g/mol. The van der Waals surface area contributed by atoms with Crippen molar-refractivity contribution in [3.05, 3.63) is 41.6 Å². The number of hydrogen-bond donors (Lipinski definition) is 2. The highest BCUT2D eigenvalue weighted by molar-refractivity contribution is 6.29. The minimum Gasteiger partial charge on any atom is -0.375 e. The minimum atomic E-state index is -0.247. The second-order valence-electron chi connectivity index (χ2n) is 6.53. The van der Waals surface area contributed by atoms with Crippen LogP contribution in [0.1, 0.15) is 12.8 Å². The fourth-order valence-corrected chi connectivity index (χ4v) is 3.20. The molecule has 0 atom stereocenters. The molecule has 9 heteroatoms. The van der Waals surface area contributed by atoms with E-state index in [1.807, 2.05) is 6.07 Å². The Bertz CT molecular complexity index is 823. The summed E-state index contributed by atoms with van der Waals surface area (Å²) in [5.74, 6) is 0.414. The van der Waals surface area contributed by atoms with Gasteiger partial charge in [-0.1, -0.05) is 17.7 Å². The number of nitrogens with one attached hydrogen (secondary N) is 2. The highest BCUT2D eigenvalue weighted by Gasteiger charge is 2.26. The van der Waals surface area contributed by atoms with Crippen LogP contribution in [0.15, 0.2) is 36.4 Å². The van der Waals surface area contributed by atoms with Crippen LogP contribution in [-0.4, -0.2) is 48.8 Å². The Labute approximate surface area is 168 Å². The number of rotatable bonds is 6. The van der Waals surface area contributed by atoms with E-state index in [-0.39, 0.29) is 24.3 Å². The Hall–Kier alpha value is -2.71. The van der Waals surface area contributed by atoms with E-state index >= 15 is 0 Å². The molecule has 2 N–H and O–H groups in total. The van der Waals surface area contributed by atoms with Crippen LogP contribution in [0.25, 0.3) is 0 Å². The van der Waals surface area contributed by atoms with E-state index in [4.69, 9.17) is 16.3 Å². The van der Waals surface area contributed by atoms with Crippen LogP contribution in [0.5, 0.6) is 0 Å². The SMILES string of the molecule is COCC(=O)Nc1cccc(NC(=O)C2CCN(c3ccc(Cl)nn3)CC2)c1. The largest absolute Gasteiger partial charge is 0.375 e. The molecule has 2 aromatic rings. The molecule has 0 bridgehead atoms. The number of aromatic nitrogens is 2. The third-order valence-electron chi connectivity index (χ3n) is 4.50. The first kappa shape index (κ1) is 20.0. The summed E-state index contributed by atoms with van der Waals surface area (Å²) in [7, 11) is 1.46. The number of amides is 2. The van der Waals surface area contributed by atoms with E-state index in [1.54, 1.807) is 30.3 Å². The van der Waals surface area contributed by atoms with Gasteiger partial charge in [0.1, 0.15) is 6.61 Å². The topological polar surface area (TPSA) is 96.5 Å². The molecule has 0 saturated carbocycles. The summed E-state index contributed by atoms with van der Waals surface area (Å²) in [5.41, 5.74) is 1.25. The molecule has 1 aromatic heterocycles. The van der Waals surface area contributed by atoms with Crippen molar-refractivity contribution in [1.29, 1.82) is 0 Å². The molecule has 2 heterocycles. The lowest BCUT2D eigenvalue weighted by Gasteiger charge is -2.31. The molecule has 0 spiro atoms. The van der Waals surface area contributed by atoms with Gasteiger partial charge in [0.25, 0.3) is 0 Å². The molecule has 148 valence electrons. The summed E-state index contributed by atoms with van der Waals surface area (Å²) in [4.78, 5) is 26.3. The molecule has 1 aromatic carbocycles. The first-order chi connectivity index (χ1) is 13.5.